The van der Waals surface area contributed by atoms with Crippen molar-refractivity contribution in [1.82, 2.24) is 14.8 Å². The van der Waals surface area contributed by atoms with Gasteiger partial charge in [0.05, 0.1) is 0 Å². The molecule has 2 atom stereocenters. The van der Waals surface area contributed by atoms with E-state index in [-0.39, 0.29) is 5.88 Å². The Bertz CT molecular complexity index is 479. The first-order valence-electron chi connectivity index (χ1n) is 6.99. The Balaban J connectivity index is 1.53. The van der Waals surface area contributed by atoms with Crippen molar-refractivity contribution in [2.45, 2.75) is 31.2 Å². The summed E-state index contributed by atoms with van der Waals surface area (Å²) in [7, 11) is 2.13. The molecule has 7 heteroatoms. The fourth-order valence-corrected chi connectivity index (χ4v) is 3.11. The second-order valence-electron chi connectivity index (χ2n) is 5.85. The normalized spacial score (nSPS) is 26.5. The van der Waals surface area contributed by atoms with Crippen LogP contribution >= 0.6 is 0 Å². The van der Waals surface area contributed by atoms with E-state index in [2.05, 4.69) is 26.6 Å². The molecule has 1 aromatic heterocycles. The van der Waals surface area contributed by atoms with Crippen LogP contribution in [0.4, 0.5) is 13.2 Å². The maximum atomic E-state index is 12.0. The van der Waals surface area contributed by atoms with Crippen LogP contribution in [0.3, 0.4) is 0 Å². The Morgan fingerprint density at radius 1 is 1.29 bits per heavy atom. The number of aromatic nitrogens is 1. The molecule has 2 bridgehead atoms. The molecule has 0 aromatic carbocycles. The molecule has 0 amide bonds. The third-order valence-electron chi connectivity index (χ3n) is 4.07. The molecule has 1 aromatic rings. The van der Waals surface area contributed by atoms with Gasteiger partial charge in [0.1, 0.15) is 0 Å². The molecule has 3 aliphatic rings. The molecule has 116 valence electrons. The second kappa shape index (κ2) is 5.46. The average molecular weight is 301 g/mol. The molecule has 21 heavy (non-hydrogen) atoms. The van der Waals surface area contributed by atoms with Crippen molar-refractivity contribution < 1.29 is 17.9 Å². The first-order chi connectivity index (χ1) is 9.90. The molecule has 0 N–H and O–H groups in total. The van der Waals surface area contributed by atoms with Crippen LogP contribution in [0.1, 0.15) is 12.0 Å². The SMILES string of the molecule is CN1CC2CC(C1)N2Cc1ccc(OCC(F)(F)F)nc1. The van der Waals surface area contributed by atoms with Gasteiger partial charge in [0, 0.05) is 44.0 Å². The zero-order chi connectivity index (χ0) is 15.0. The highest BCUT2D eigenvalue weighted by atomic mass is 19.4. The summed E-state index contributed by atoms with van der Waals surface area (Å²) in [6.45, 7) is 1.66. The minimum atomic E-state index is -4.33. The van der Waals surface area contributed by atoms with Crippen LogP contribution in [0.25, 0.3) is 0 Å². The van der Waals surface area contributed by atoms with Crippen molar-refractivity contribution in [3.05, 3.63) is 23.9 Å². The highest BCUT2D eigenvalue weighted by Gasteiger charge is 2.43. The summed E-state index contributed by atoms with van der Waals surface area (Å²) in [6.07, 6.45) is -1.49. The van der Waals surface area contributed by atoms with Gasteiger partial charge in [0.2, 0.25) is 5.88 Å². The molecule has 0 saturated carbocycles. The summed E-state index contributed by atoms with van der Waals surface area (Å²) in [4.78, 5) is 8.72. The van der Waals surface area contributed by atoms with Crippen LogP contribution in [-0.2, 0) is 6.54 Å². The highest BCUT2D eigenvalue weighted by molar-refractivity contribution is 5.19. The third kappa shape index (κ3) is 3.47. The Morgan fingerprint density at radius 2 is 2.00 bits per heavy atom. The fraction of sp³-hybridized carbons (Fsp3) is 0.643. The van der Waals surface area contributed by atoms with Crippen LogP contribution in [-0.4, -0.2) is 59.8 Å². The predicted molar refractivity (Wildman–Crippen MR) is 71.0 cm³/mol. The van der Waals surface area contributed by atoms with Gasteiger partial charge in [-0.2, -0.15) is 13.2 Å². The summed E-state index contributed by atoms with van der Waals surface area (Å²) in [6, 6.07) is 4.48. The van der Waals surface area contributed by atoms with Gasteiger partial charge in [-0.1, -0.05) is 6.07 Å². The van der Waals surface area contributed by atoms with Crippen LogP contribution in [0, 0.1) is 0 Å². The van der Waals surface area contributed by atoms with E-state index in [4.69, 9.17) is 0 Å². The molecule has 2 unspecified atom stereocenters. The summed E-state index contributed by atoms with van der Waals surface area (Å²) in [5, 5.41) is 0. The van der Waals surface area contributed by atoms with Crippen molar-refractivity contribution in [2.75, 3.05) is 26.7 Å². The van der Waals surface area contributed by atoms with Gasteiger partial charge in [0.25, 0.3) is 0 Å². The van der Waals surface area contributed by atoms with E-state index < -0.39 is 12.8 Å². The molecule has 3 fully saturated rings. The number of halogens is 3. The summed E-state index contributed by atoms with van der Waals surface area (Å²) < 4.78 is 40.7. The number of rotatable bonds is 4. The van der Waals surface area contributed by atoms with Gasteiger partial charge in [-0.15, -0.1) is 0 Å². The molecule has 4 heterocycles. The average Bonchev–Trinajstić information content (AvgIpc) is 2.42. The number of alkyl halides is 3. The van der Waals surface area contributed by atoms with E-state index in [9.17, 15) is 13.2 Å². The molecular weight excluding hydrogens is 283 g/mol. The predicted octanol–water partition coefficient (Wildman–Crippen LogP) is 1.91. The molecule has 3 saturated heterocycles. The van der Waals surface area contributed by atoms with Crippen molar-refractivity contribution in [1.29, 1.82) is 0 Å². The first kappa shape index (κ1) is 14.6. The van der Waals surface area contributed by atoms with Crippen LogP contribution in [0.15, 0.2) is 18.3 Å². The van der Waals surface area contributed by atoms with Crippen molar-refractivity contribution in [3.63, 3.8) is 0 Å². The molecule has 0 aliphatic carbocycles. The number of pyridine rings is 1. The van der Waals surface area contributed by atoms with Crippen LogP contribution in [0.5, 0.6) is 5.88 Å². The maximum Gasteiger partial charge on any atom is 0.422 e. The van der Waals surface area contributed by atoms with Crippen LogP contribution < -0.4 is 4.74 Å². The number of nitrogens with zero attached hydrogens (tertiary/aromatic N) is 3. The number of ether oxygens (including phenoxy) is 1. The largest absolute Gasteiger partial charge is 0.468 e. The molecular formula is C14H18F3N3O. The Hall–Kier alpha value is -1.34. The lowest BCUT2D eigenvalue weighted by atomic mass is 9.87. The topological polar surface area (TPSA) is 28.6 Å². The zero-order valence-electron chi connectivity index (χ0n) is 11.8. The van der Waals surface area contributed by atoms with Gasteiger partial charge in [-0.3, -0.25) is 4.90 Å². The van der Waals surface area contributed by atoms with Crippen molar-refractivity contribution >= 4 is 0 Å². The van der Waals surface area contributed by atoms with E-state index in [1.165, 1.54) is 12.5 Å². The Kier molecular flexibility index (Phi) is 3.79. The van der Waals surface area contributed by atoms with Gasteiger partial charge >= 0.3 is 6.18 Å². The number of hydrogen-bond acceptors (Lipinski definition) is 4. The van der Waals surface area contributed by atoms with Gasteiger partial charge < -0.3 is 9.64 Å². The quantitative estimate of drug-likeness (QED) is 0.849. The Labute approximate surface area is 121 Å². The minimum Gasteiger partial charge on any atom is -0.468 e. The van der Waals surface area contributed by atoms with E-state index in [1.54, 1.807) is 12.3 Å². The van der Waals surface area contributed by atoms with Crippen LogP contribution in [0.2, 0.25) is 0 Å². The number of likely N-dealkylation sites (N-methyl/N-ethyl adjacent to an activating group) is 1. The highest BCUT2D eigenvalue weighted by Crippen LogP contribution is 2.33. The molecule has 0 spiro atoms. The fourth-order valence-electron chi connectivity index (χ4n) is 3.11. The molecule has 4 nitrogen and oxygen atoms in total. The van der Waals surface area contributed by atoms with Gasteiger partial charge in [-0.05, 0) is 19.0 Å². The molecule has 4 rings (SSSR count). The lowest BCUT2D eigenvalue weighted by molar-refractivity contribution is -0.154. The van der Waals surface area contributed by atoms with E-state index in [0.717, 1.165) is 25.2 Å². The zero-order valence-corrected chi connectivity index (χ0v) is 11.8. The second-order valence-corrected chi connectivity index (χ2v) is 5.85. The summed E-state index contributed by atoms with van der Waals surface area (Å²) in [5.74, 6) is 0.0135. The first-order valence-corrected chi connectivity index (χ1v) is 6.99. The number of piperazine rings is 1. The molecule has 3 aliphatic heterocycles. The maximum absolute atomic E-state index is 12.0. The summed E-state index contributed by atoms with van der Waals surface area (Å²) in [5.41, 5.74) is 1.01. The lowest BCUT2D eigenvalue weighted by Gasteiger charge is -2.55. The smallest absolute Gasteiger partial charge is 0.422 e. The Morgan fingerprint density at radius 3 is 2.57 bits per heavy atom. The van der Waals surface area contributed by atoms with Crippen molar-refractivity contribution in [3.8, 4) is 5.88 Å². The van der Waals surface area contributed by atoms with E-state index in [1.807, 2.05) is 0 Å². The van der Waals surface area contributed by atoms with Crippen molar-refractivity contribution in [2.24, 2.45) is 0 Å². The molecule has 0 radical (unpaired) electrons. The van der Waals surface area contributed by atoms with Gasteiger partial charge in [0.15, 0.2) is 6.61 Å². The number of fused-ring (bicyclic) bond motifs is 2. The van der Waals surface area contributed by atoms with E-state index >= 15 is 0 Å². The minimum absolute atomic E-state index is 0.0135. The summed E-state index contributed by atoms with van der Waals surface area (Å²) >= 11 is 0. The number of hydrogen-bond donors (Lipinski definition) is 0. The monoisotopic (exact) mass is 301 g/mol. The number of piperidine rings is 1. The van der Waals surface area contributed by atoms with E-state index in [0.29, 0.717) is 12.1 Å². The van der Waals surface area contributed by atoms with Gasteiger partial charge in [-0.25, -0.2) is 4.98 Å². The third-order valence-corrected chi connectivity index (χ3v) is 4.07. The lowest BCUT2D eigenvalue weighted by Crippen LogP contribution is -2.67. The standard InChI is InChI=1S/C14H18F3N3O/c1-19-7-11-4-12(8-19)20(11)6-10-2-3-13(18-5-10)21-9-14(15,16)17/h2-3,5,11-12H,4,6-9H2,1H3.